The van der Waals surface area contributed by atoms with E-state index in [4.69, 9.17) is 5.73 Å². The molecule has 9 heteroatoms. The Morgan fingerprint density at radius 1 is 1.43 bits per heavy atom. The normalized spacial score (nSPS) is 11.9. The molecule has 0 amide bonds. The van der Waals surface area contributed by atoms with Crippen LogP contribution in [-0.4, -0.2) is 18.2 Å². The zero-order valence-corrected chi connectivity index (χ0v) is 13.7. The minimum Gasteiger partial charge on any atom is -0.398 e. The van der Waals surface area contributed by atoms with E-state index >= 15 is 0 Å². The molecule has 0 radical (unpaired) electrons. The number of hydrogen-bond donors (Lipinski definition) is 2. The maximum absolute atomic E-state index is 13.3. The summed E-state index contributed by atoms with van der Waals surface area (Å²) in [7, 11) is -3.92. The number of nitrogen functional groups attached to an aromatic ring is 1. The third-order valence-corrected chi connectivity index (χ3v) is 4.77. The summed E-state index contributed by atoms with van der Waals surface area (Å²) < 4.78 is 41.9. The first-order valence-electron chi connectivity index (χ1n) is 6.02. The van der Waals surface area contributed by atoms with Gasteiger partial charge in [-0.2, -0.15) is 5.10 Å². The van der Waals surface area contributed by atoms with E-state index in [1.165, 1.54) is 6.20 Å². The van der Waals surface area contributed by atoms with Crippen molar-refractivity contribution >= 4 is 37.3 Å². The summed E-state index contributed by atoms with van der Waals surface area (Å²) >= 11 is 2.94. The molecule has 1 heterocycles. The second-order valence-electron chi connectivity index (χ2n) is 4.71. The van der Waals surface area contributed by atoms with Crippen LogP contribution in [0.4, 0.5) is 15.8 Å². The fourth-order valence-corrected chi connectivity index (χ4v) is 3.32. The number of nitrogens with zero attached hydrogens (tertiary/aromatic N) is 2. The van der Waals surface area contributed by atoms with Crippen LogP contribution in [0.3, 0.4) is 0 Å². The molecule has 114 valence electrons. The van der Waals surface area contributed by atoms with Crippen LogP contribution in [0.25, 0.3) is 0 Å². The Bertz CT molecular complexity index is 774. The maximum atomic E-state index is 13.3. The molecule has 0 saturated carbocycles. The molecule has 0 fully saturated rings. The van der Waals surface area contributed by atoms with Crippen molar-refractivity contribution in [3.05, 3.63) is 34.8 Å². The lowest BCUT2D eigenvalue weighted by atomic mass is 10.3. The van der Waals surface area contributed by atoms with Gasteiger partial charge in [0.25, 0.3) is 10.0 Å². The summed E-state index contributed by atoms with van der Waals surface area (Å²) in [5.41, 5.74) is 5.72. The van der Waals surface area contributed by atoms with Crippen LogP contribution < -0.4 is 10.5 Å². The third kappa shape index (κ3) is 3.35. The number of rotatable bonds is 4. The fourth-order valence-electron chi connectivity index (χ4n) is 1.66. The quantitative estimate of drug-likeness (QED) is 0.802. The Morgan fingerprint density at radius 3 is 2.67 bits per heavy atom. The van der Waals surface area contributed by atoms with Crippen LogP contribution in [0, 0.1) is 5.82 Å². The van der Waals surface area contributed by atoms with E-state index in [1.54, 1.807) is 10.9 Å². The van der Waals surface area contributed by atoms with Crippen molar-refractivity contribution in [1.82, 2.24) is 9.78 Å². The Kier molecular flexibility index (Phi) is 4.24. The van der Waals surface area contributed by atoms with Crippen LogP contribution in [0.2, 0.25) is 0 Å². The molecule has 0 spiro atoms. The van der Waals surface area contributed by atoms with E-state index in [1.807, 2.05) is 13.8 Å². The minimum absolute atomic E-state index is 0.0231. The zero-order valence-electron chi connectivity index (χ0n) is 11.3. The van der Waals surface area contributed by atoms with E-state index in [0.29, 0.717) is 5.69 Å². The molecule has 0 unspecified atom stereocenters. The lowest BCUT2D eigenvalue weighted by molar-refractivity contribution is 0.532. The van der Waals surface area contributed by atoms with Gasteiger partial charge in [-0.05, 0) is 41.9 Å². The van der Waals surface area contributed by atoms with Crippen LogP contribution in [0.15, 0.2) is 33.9 Å². The molecule has 0 saturated heterocycles. The number of aromatic nitrogens is 2. The lowest BCUT2D eigenvalue weighted by Crippen LogP contribution is -2.15. The third-order valence-electron chi connectivity index (χ3n) is 2.73. The van der Waals surface area contributed by atoms with Crippen molar-refractivity contribution in [2.24, 2.45) is 0 Å². The van der Waals surface area contributed by atoms with E-state index in [2.05, 4.69) is 25.8 Å². The van der Waals surface area contributed by atoms with Gasteiger partial charge in [-0.15, -0.1) is 0 Å². The van der Waals surface area contributed by atoms with Gasteiger partial charge >= 0.3 is 0 Å². The van der Waals surface area contributed by atoms with Crippen LogP contribution in [0.5, 0.6) is 0 Å². The smallest absolute Gasteiger partial charge is 0.264 e. The molecule has 6 nitrogen and oxygen atoms in total. The first-order chi connectivity index (χ1) is 9.70. The molecule has 0 aliphatic carbocycles. The SMILES string of the molecule is CC(C)n1cc(NS(=O)(=O)c2cc(Br)c(F)cc2N)cn1. The zero-order chi connectivity index (χ0) is 15.8. The summed E-state index contributed by atoms with van der Waals surface area (Å²) in [6.07, 6.45) is 2.96. The molecule has 2 rings (SSSR count). The molecule has 1 aromatic carbocycles. The van der Waals surface area contributed by atoms with Gasteiger partial charge in [-0.3, -0.25) is 9.40 Å². The number of halogens is 2. The number of sulfonamides is 1. The maximum Gasteiger partial charge on any atom is 0.264 e. The first-order valence-corrected chi connectivity index (χ1v) is 8.30. The molecular weight excluding hydrogens is 363 g/mol. The number of anilines is 2. The van der Waals surface area contributed by atoms with Crippen molar-refractivity contribution < 1.29 is 12.8 Å². The Labute approximate surface area is 130 Å². The van der Waals surface area contributed by atoms with Gasteiger partial charge in [-0.1, -0.05) is 0 Å². The van der Waals surface area contributed by atoms with Crippen LogP contribution >= 0.6 is 15.9 Å². The van der Waals surface area contributed by atoms with E-state index in [9.17, 15) is 12.8 Å². The predicted molar refractivity (Wildman–Crippen MR) is 81.9 cm³/mol. The summed E-state index contributed by atoms with van der Waals surface area (Å²) in [6, 6.07) is 2.18. The molecule has 0 atom stereocenters. The summed E-state index contributed by atoms with van der Waals surface area (Å²) in [5.74, 6) is -0.626. The average Bonchev–Trinajstić information content (AvgIpc) is 2.81. The predicted octanol–water partition coefficient (Wildman–Crippen LogP) is 2.75. The van der Waals surface area contributed by atoms with Gasteiger partial charge in [0.15, 0.2) is 0 Å². The summed E-state index contributed by atoms with van der Waals surface area (Å²) in [6.45, 7) is 3.83. The number of nitrogens with two attached hydrogens (primary N) is 1. The van der Waals surface area contributed by atoms with Crippen LogP contribution in [0.1, 0.15) is 19.9 Å². The first kappa shape index (κ1) is 15.8. The van der Waals surface area contributed by atoms with Gasteiger partial charge in [0.05, 0.1) is 22.0 Å². The minimum atomic E-state index is -3.92. The highest BCUT2D eigenvalue weighted by molar-refractivity contribution is 9.10. The summed E-state index contributed by atoms with van der Waals surface area (Å²) in [4.78, 5) is -0.201. The monoisotopic (exact) mass is 376 g/mol. The highest BCUT2D eigenvalue weighted by Crippen LogP contribution is 2.27. The lowest BCUT2D eigenvalue weighted by Gasteiger charge is -2.09. The molecule has 3 N–H and O–H groups in total. The van der Waals surface area contributed by atoms with Gasteiger partial charge in [0.1, 0.15) is 10.7 Å². The van der Waals surface area contributed by atoms with Crippen molar-refractivity contribution in [2.75, 3.05) is 10.5 Å². The van der Waals surface area contributed by atoms with E-state index in [-0.39, 0.29) is 21.1 Å². The highest BCUT2D eigenvalue weighted by atomic mass is 79.9. The van der Waals surface area contributed by atoms with Crippen molar-refractivity contribution in [1.29, 1.82) is 0 Å². The van der Waals surface area contributed by atoms with E-state index < -0.39 is 15.8 Å². The fraction of sp³-hybridized carbons (Fsp3) is 0.250. The number of hydrogen-bond acceptors (Lipinski definition) is 4. The van der Waals surface area contributed by atoms with Gasteiger partial charge < -0.3 is 5.73 Å². The van der Waals surface area contributed by atoms with Crippen LogP contribution in [-0.2, 0) is 10.0 Å². The summed E-state index contributed by atoms with van der Waals surface area (Å²) in [5, 5.41) is 4.04. The second-order valence-corrected chi connectivity index (χ2v) is 7.22. The molecule has 0 aliphatic heterocycles. The molecule has 0 bridgehead atoms. The van der Waals surface area contributed by atoms with Crippen molar-refractivity contribution in [3.63, 3.8) is 0 Å². The topological polar surface area (TPSA) is 90.0 Å². The largest absolute Gasteiger partial charge is 0.398 e. The van der Waals surface area contributed by atoms with Crippen molar-refractivity contribution in [2.45, 2.75) is 24.8 Å². The van der Waals surface area contributed by atoms with Gasteiger partial charge in [-0.25, -0.2) is 12.8 Å². The second kappa shape index (κ2) is 5.64. The Balaban J connectivity index is 2.36. The molecule has 2 aromatic rings. The molecular formula is C12H14BrFN4O2S. The Morgan fingerprint density at radius 2 is 2.10 bits per heavy atom. The number of nitrogens with one attached hydrogen (secondary N) is 1. The van der Waals surface area contributed by atoms with Gasteiger partial charge in [0, 0.05) is 12.2 Å². The Hall–Kier alpha value is -1.61. The van der Waals surface area contributed by atoms with E-state index in [0.717, 1.165) is 12.1 Å². The average molecular weight is 377 g/mol. The highest BCUT2D eigenvalue weighted by Gasteiger charge is 2.20. The standard InChI is InChI=1S/C12H14BrFN4O2S/c1-7(2)18-6-8(5-16-18)17-21(19,20)12-3-9(13)10(14)4-11(12)15/h3-7,17H,15H2,1-2H3. The van der Waals surface area contributed by atoms with Crippen molar-refractivity contribution in [3.8, 4) is 0 Å². The molecule has 1 aromatic heterocycles. The molecule has 0 aliphatic rings. The molecule has 21 heavy (non-hydrogen) atoms. The number of benzene rings is 1. The van der Waals surface area contributed by atoms with Gasteiger partial charge in [0.2, 0.25) is 0 Å².